The molecule has 0 saturated heterocycles. The molecule has 0 radical (unpaired) electrons. The summed E-state index contributed by atoms with van der Waals surface area (Å²) < 4.78 is 0. The van der Waals surface area contributed by atoms with Gasteiger partial charge in [0.15, 0.2) is 0 Å². The molecular weight excluding hydrogens is 204 g/mol. The van der Waals surface area contributed by atoms with Crippen molar-refractivity contribution in [2.24, 2.45) is 0 Å². The number of hydrogen-bond donors (Lipinski definition) is 2. The number of carbonyl (C=O) groups is 1. The summed E-state index contributed by atoms with van der Waals surface area (Å²) in [4.78, 5) is 13.8. The van der Waals surface area contributed by atoms with Crippen LogP contribution in [-0.2, 0) is 0 Å². The molecule has 2 amide bonds. The highest BCUT2D eigenvalue weighted by Gasteiger charge is 2.24. The monoisotopic (exact) mass is 228 g/mol. The Morgan fingerprint density at radius 1 is 1.38 bits per heavy atom. The SMILES string of the molecule is CC(C)NC(=O)N(CCO)C1CCCCC1. The first-order valence-electron chi connectivity index (χ1n) is 6.33. The van der Waals surface area contributed by atoms with Crippen molar-refractivity contribution in [1.82, 2.24) is 10.2 Å². The van der Waals surface area contributed by atoms with Crippen LogP contribution in [0.2, 0.25) is 0 Å². The van der Waals surface area contributed by atoms with Crippen LogP contribution < -0.4 is 5.32 Å². The summed E-state index contributed by atoms with van der Waals surface area (Å²) in [5, 5.41) is 11.9. The molecule has 16 heavy (non-hydrogen) atoms. The second kappa shape index (κ2) is 6.74. The number of hydrogen-bond acceptors (Lipinski definition) is 2. The average Bonchev–Trinajstić information content (AvgIpc) is 2.26. The van der Waals surface area contributed by atoms with E-state index in [4.69, 9.17) is 5.11 Å². The lowest BCUT2D eigenvalue weighted by Crippen LogP contribution is -2.49. The van der Waals surface area contributed by atoms with Crippen LogP contribution in [0.15, 0.2) is 0 Å². The topological polar surface area (TPSA) is 52.6 Å². The molecule has 0 heterocycles. The van der Waals surface area contributed by atoms with Gasteiger partial charge in [0.05, 0.1) is 6.61 Å². The van der Waals surface area contributed by atoms with Gasteiger partial charge >= 0.3 is 6.03 Å². The maximum absolute atomic E-state index is 11.9. The molecule has 1 rings (SSSR count). The fourth-order valence-corrected chi connectivity index (χ4v) is 2.28. The summed E-state index contributed by atoms with van der Waals surface area (Å²) in [6.45, 7) is 4.40. The number of amides is 2. The van der Waals surface area contributed by atoms with E-state index in [9.17, 15) is 4.79 Å². The maximum Gasteiger partial charge on any atom is 0.317 e. The van der Waals surface area contributed by atoms with Gasteiger partial charge in [-0.1, -0.05) is 19.3 Å². The number of urea groups is 1. The van der Waals surface area contributed by atoms with Crippen molar-refractivity contribution in [2.75, 3.05) is 13.2 Å². The van der Waals surface area contributed by atoms with Crippen molar-refractivity contribution in [3.8, 4) is 0 Å². The van der Waals surface area contributed by atoms with Crippen LogP contribution >= 0.6 is 0 Å². The van der Waals surface area contributed by atoms with Gasteiger partial charge in [0.2, 0.25) is 0 Å². The predicted octanol–water partition coefficient (Wildman–Crippen LogP) is 1.73. The molecule has 0 unspecified atom stereocenters. The zero-order valence-electron chi connectivity index (χ0n) is 10.4. The van der Waals surface area contributed by atoms with Crippen molar-refractivity contribution in [3.63, 3.8) is 0 Å². The fraction of sp³-hybridized carbons (Fsp3) is 0.917. The molecule has 0 aromatic heterocycles. The van der Waals surface area contributed by atoms with E-state index in [1.807, 2.05) is 13.8 Å². The highest BCUT2D eigenvalue weighted by atomic mass is 16.3. The van der Waals surface area contributed by atoms with E-state index < -0.39 is 0 Å². The minimum absolute atomic E-state index is 0.0315. The number of nitrogens with zero attached hydrogens (tertiary/aromatic N) is 1. The Balaban J connectivity index is 2.53. The van der Waals surface area contributed by atoms with E-state index in [1.165, 1.54) is 19.3 Å². The summed E-state index contributed by atoms with van der Waals surface area (Å²) in [6, 6.07) is 0.438. The molecule has 0 aromatic rings. The molecule has 1 aliphatic carbocycles. The molecule has 0 spiro atoms. The smallest absolute Gasteiger partial charge is 0.317 e. The highest BCUT2D eigenvalue weighted by Crippen LogP contribution is 2.22. The molecule has 94 valence electrons. The van der Waals surface area contributed by atoms with Gasteiger partial charge in [-0.15, -0.1) is 0 Å². The summed E-state index contributed by atoms with van der Waals surface area (Å²) in [5.41, 5.74) is 0. The summed E-state index contributed by atoms with van der Waals surface area (Å²) in [6.07, 6.45) is 5.81. The Kier molecular flexibility index (Phi) is 5.60. The van der Waals surface area contributed by atoms with Crippen LogP contribution in [0.3, 0.4) is 0 Å². The Morgan fingerprint density at radius 2 is 2.00 bits per heavy atom. The third-order valence-corrected chi connectivity index (χ3v) is 3.03. The first kappa shape index (κ1) is 13.3. The Bertz CT molecular complexity index is 213. The molecular formula is C12H24N2O2. The minimum Gasteiger partial charge on any atom is -0.395 e. The van der Waals surface area contributed by atoms with E-state index in [0.717, 1.165) is 12.8 Å². The lowest BCUT2D eigenvalue weighted by Gasteiger charge is -2.34. The van der Waals surface area contributed by atoms with Crippen LogP contribution in [0.4, 0.5) is 4.79 Å². The highest BCUT2D eigenvalue weighted by molar-refractivity contribution is 5.74. The minimum atomic E-state index is -0.0315. The molecule has 0 bridgehead atoms. The molecule has 1 saturated carbocycles. The molecule has 1 aliphatic rings. The third-order valence-electron chi connectivity index (χ3n) is 3.03. The van der Waals surface area contributed by atoms with Crippen molar-refractivity contribution < 1.29 is 9.90 Å². The second-order valence-corrected chi connectivity index (χ2v) is 4.81. The van der Waals surface area contributed by atoms with Crippen LogP contribution in [0.25, 0.3) is 0 Å². The van der Waals surface area contributed by atoms with E-state index in [-0.39, 0.29) is 18.7 Å². The van der Waals surface area contributed by atoms with E-state index in [0.29, 0.717) is 12.6 Å². The summed E-state index contributed by atoms with van der Waals surface area (Å²) >= 11 is 0. The van der Waals surface area contributed by atoms with Gasteiger partial charge in [-0.25, -0.2) is 4.79 Å². The van der Waals surface area contributed by atoms with Crippen molar-refractivity contribution >= 4 is 6.03 Å². The van der Waals surface area contributed by atoms with Crippen molar-refractivity contribution in [2.45, 2.75) is 58.0 Å². The largest absolute Gasteiger partial charge is 0.395 e. The molecule has 2 N–H and O–H groups in total. The van der Waals surface area contributed by atoms with E-state index in [2.05, 4.69) is 5.32 Å². The molecule has 4 heteroatoms. The standard InChI is InChI=1S/C12H24N2O2/c1-10(2)13-12(16)14(8-9-15)11-6-4-3-5-7-11/h10-11,15H,3-9H2,1-2H3,(H,13,16). The van der Waals surface area contributed by atoms with E-state index in [1.54, 1.807) is 4.90 Å². The lowest BCUT2D eigenvalue weighted by atomic mass is 9.94. The molecule has 4 nitrogen and oxygen atoms in total. The molecule has 0 aliphatic heterocycles. The number of nitrogens with one attached hydrogen (secondary N) is 1. The first-order chi connectivity index (χ1) is 7.65. The third kappa shape index (κ3) is 4.00. The Morgan fingerprint density at radius 3 is 2.50 bits per heavy atom. The normalized spacial score (nSPS) is 17.5. The van der Waals surface area contributed by atoms with Gasteiger partial charge in [-0.3, -0.25) is 0 Å². The zero-order chi connectivity index (χ0) is 12.0. The van der Waals surface area contributed by atoms with Crippen LogP contribution in [0.5, 0.6) is 0 Å². The Labute approximate surface area is 98.0 Å². The van der Waals surface area contributed by atoms with Crippen LogP contribution in [-0.4, -0.2) is 41.3 Å². The van der Waals surface area contributed by atoms with Gasteiger partial charge in [-0.2, -0.15) is 0 Å². The fourth-order valence-electron chi connectivity index (χ4n) is 2.28. The number of aliphatic hydroxyl groups excluding tert-OH is 1. The molecule has 1 fully saturated rings. The van der Waals surface area contributed by atoms with Gasteiger partial charge in [0.1, 0.15) is 0 Å². The van der Waals surface area contributed by atoms with Crippen LogP contribution in [0.1, 0.15) is 46.0 Å². The lowest BCUT2D eigenvalue weighted by molar-refractivity contribution is 0.133. The van der Waals surface area contributed by atoms with Gasteiger partial charge in [0, 0.05) is 18.6 Å². The maximum atomic E-state index is 11.9. The second-order valence-electron chi connectivity index (χ2n) is 4.81. The predicted molar refractivity (Wildman–Crippen MR) is 64.3 cm³/mol. The van der Waals surface area contributed by atoms with Crippen LogP contribution in [0, 0.1) is 0 Å². The molecule has 0 aromatic carbocycles. The first-order valence-corrected chi connectivity index (χ1v) is 6.33. The summed E-state index contributed by atoms with van der Waals surface area (Å²) in [5.74, 6) is 0. The quantitative estimate of drug-likeness (QED) is 0.770. The number of aliphatic hydroxyl groups is 1. The van der Waals surface area contributed by atoms with Gasteiger partial charge in [0.25, 0.3) is 0 Å². The van der Waals surface area contributed by atoms with Gasteiger partial charge in [-0.05, 0) is 26.7 Å². The number of carbonyl (C=O) groups excluding carboxylic acids is 1. The van der Waals surface area contributed by atoms with E-state index >= 15 is 0 Å². The number of rotatable bonds is 4. The van der Waals surface area contributed by atoms with Gasteiger partial charge < -0.3 is 15.3 Å². The molecule has 0 atom stereocenters. The van der Waals surface area contributed by atoms with Crippen molar-refractivity contribution in [1.29, 1.82) is 0 Å². The zero-order valence-corrected chi connectivity index (χ0v) is 10.4. The average molecular weight is 228 g/mol. The summed E-state index contributed by atoms with van der Waals surface area (Å²) in [7, 11) is 0. The van der Waals surface area contributed by atoms with Crippen molar-refractivity contribution in [3.05, 3.63) is 0 Å². The Hall–Kier alpha value is -0.770.